The quantitative estimate of drug-likeness (QED) is 0.604. The van der Waals surface area contributed by atoms with Crippen LogP contribution < -0.4 is 10.1 Å². The maximum atomic E-state index is 12.0. The van der Waals surface area contributed by atoms with E-state index in [1.807, 2.05) is 29.2 Å². The molecule has 0 aliphatic carbocycles. The number of morpholine rings is 1. The molecule has 1 heterocycles. The molecule has 0 spiro atoms. The predicted molar refractivity (Wildman–Crippen MR) is 84.5 cm³/mol. The lowest BCUT2D eigenvalue weighted by Crippen LogP contribution is -2.41. The summed E-state index contributed by atoms with van der Waals surface area (Å²) >= 11 is 0. The van der Waals surface area contributed by atoms with Crippen LogP contribution in [0.1, 0.15) is 12.0 Å². The summed E-state index contributed by atoms with van der Waals surface area (Å²) in [5, 5.41) is 3.28. The third kappa shape index (κ3) is 5.06. The molecule has 1 aliphatic heterocycles. The van der Waals surface area contributed by atoms with Gasteiger partial charge in [0.1, 0.15) is 12.4 Å². The van der Waals surface area contributed by atoms with Gasteiger partial charge in [0.15, 0.2) is 0 Å². The van der Waals surface area contributed by atoms with Crippen molar-refractivity contribution in [3.05, 3.63) is 29.8 Å². The first-order valence-corrected chi connectivity index (χ1v) is 7.51. The molecule has 5 nitrogen and oxygen atoms in total. The summed E-state index contributed by atoms with van der Waals surface area (Å²) < 4.78 is 10.7. The van der Waals surface area contributed by atoms with Crippen LogP contribution in [0, 0.1) is 12.3 Å². The third-order valence-corrected chi connectivity index (χ3v) is 3.48. The molecular weight excluding hydrogens is 280 g/mol. The Bertz CT molecular complexity index is 519. The fourth-order valence-corrected chi connectivity index (χ4v) is 2.30. The summed E-state index contributed by atoms with van der Waals surface area (Å²) in [6, 6.07) is 7.76. The Morgan fingerprint density at radius 1 is 1.36 bits per heavy atom. The molecule has 2 rings (SSSR count). The second kappa shape index (κ2) is 9.08. The van der Waals surface area contributed by atoms with Crippen molar-refractivity contribution in [3.63, 3.8) is 0 Å². The van der Waals surface area contributed by atoms with Gasteiger partial charge in [0.05, 0.1) is 13.2 Å². The van der Waals surface area contributed by atoms with Crippen LogP contribution in [0.3, 0.4) is 0 Å². The van der Waals surface area contributed by atoms with Crippen LogP contribution in [0.2, 0.25) is 0 Å². The lowest BCUT2D eigenvalue weighted by Gasteiger charge is -2.26. The Morgan fingerprint density at radius 2 is 2.14 bits per heavy atom. The van der Waals surface area contributed by atoms with Gasteiger partial charge >= 0.3 is 0 Å². The van der Waals surface area contributed by atoms with Crippen molar-refractivity contribution in [2.75, 3.05) is 39.5 Å². The number of nitrogens with one attached hydrogen (secondary N) is 1. The smallest absolute Gasteiger partial charge is 0.224 e. The zero-order chi connectivity index (χ0) is 15.6. The van der Waals surface area contributed by atoms with Gasteiger partial charge in [-0.1, -0.05) is 24.1 Å². The van der Waals surface area contributed by atoms with E-state index in [1.165, 1.54) is 0 Å². The molecule has 0 bridgehead atoms. The summed E-state index contributed by atoms with van der Waals surface area (Å²) in [4.78, 5) is 13.9. The molecule has 1 N–H and O–H groups in total. The van der Waals surface area contributed by atoms with Crippen molar-refractivity contribution in [2.24, 2.45) is 0 Å². The SMILES string of the molecule is C#CCOc1ccccc1CNCCC(=O)N1CCOCC1. The standard InChI is InChI=1S/C17H22N2O3/c1-2-11-22-16-6-4-3-5-15(16)14-18-8-7-17(20)19-9-12-21-13-10-19/h1,3-6,18H,7-14H2. The second-order valence-electron chi connectivity index (χ2n) is 5.02. The van der Waals surface area contributed by atoms with E-state index >= 15 is 0 Å². The molecule has 0 atom stereocenters. The number of rotatable bonds is 7. The van der Waals surface area contributed by atoms with Crippen molar-refractivity contribution in [1.82, 2.24) is 10.2 Å². The number of amides is 1. The lowest BCUT2D eigenvalue weighted by atomic mass is 10.2. The highest BCUT2D eigenvalue weighted by atomic mass is 16.5. The highest BCUT2D eigenvalue weighted by Crippen LogP contribution is 2.17. The minimum absolute atomic E-state index is 0.174. The van der Waals surface area contributed by atoms with Crippen LogP contribution in [0.25, 0.3) is 0 Å². The van der Waals surface area contributed by atoms with E-state index in [2.05, 4.69) is 11.2 Å². The van der Waals surface area contributed by atoms with E-state index in [4.69, 9.17) is 15.9 Å². The van der Waals surface area contributed by atoms with E-state index in [0.717, 1.165) is 11.3 Å². The summed E-state index contributed by atoms with van der Waals surface area (Å²) in [5.74, 6) is 3.42. The highest BCUT2D eigenvalue weighted by molar-refractivity contribution is 5.76. The Morgan fingerprint density at radius 3 is 2.91 bits per heavy atom. The number of terminal acetylenes is 1. The van der Waals surface area contributed by atoms with E-state index in [1.54, 1.807) is 0 Å². The number of para-hydroxylation sites is 1. The first-order valence-electron chi connectivity index (χ1n) is 7.51. The number of hydrogen-bond donors (Lipinski definition) is 1. The van der Waals surface area contributed by atoms with Crippen LogP contribution >= 0.6 is 0 Å². The molecule has 0 unspecified atom stereocenters. The third-order valence-electron chi connectivity index (χ3n) is 3.48. The zero-order valence-corrected chi connectivity index (χ0v) is 12.7. The maximum Gasteiger partial charge on any atom is 0.224 e. The van der Waals surface area contributed by atoms with Gasteiger partial charge in [-0.3, -0.25) is 4.79 Å². The van der Waals surface area contributed by atoms with Gasteiger partial charge in [0.25, 0.3) is 0 Å². The molecule has 5 heteroatoms. The van der Waals surface area contributed by atoms with Crippen molar-refractivity contribution >= 4 is 5.91 Å². The minimum atomic E-state index is 0.174. The summed E-state index contributed by atoms with van der Waals surface area (Å²) in [6.45, 7) is 4.21. The zero-order valence-electron chi connectivity index (χ0n) is 12.7. The molecule has 1 saturated heterocycles. The van der Waals surface area contributed by atoms with Gasteiger partial charge in [-0.25, -0.2) is 0 Å². The number of benzene rings is 1. The Labute approximate surface area is 131 Å². The molecule has 22 heavy (non-hydrogen) atoms. The lowest BCUT2D eigenvalue weighted by molar-refractivity contribution is -0.135. The van der Waals surface area contributed by atoms with Crippen molar-refractivity contribution < 1.29 is 14.3 Å². The molecule has 1 aliphatic rings. The van der Waals surface area contributed by atoms with Gasteiger partial charge in [-0.2, -0.15) is 0 Å². The van der Waals surface area contributed by atoms with E-state index in [0.29, 0.717) is 45.8 Å². The number of hydrogen-bond acceptors (Lipinski definition) is 4. The van der Waals surface area contributed by atoms with Crippen LogP contribution in [-0.4, -0.2) is 50.3 Å². The first-order chi connectivity index (χ1) is 10.8. The summed E-state index contributed by atoms with van der Waals surface area (Å²) in [6.07, 6.45) is 5.70. The summed E-state index contributed by atoms with van der Waals surface area (Å²) in [5.41, 5.74) is 1.04. The monoisotopic (exact) mass is 302 g/mol. The molecule has 1 fully saturated rings. The number of carbonyl (C=O) groups is 1. The summed E-state index contributed by atoms with van der Waals surface area (Å²) in [7, 11) is 0. The van der Waals surface area contributed by atoms with E-state index in [9.17, 15) is 4.79 Å². The van der Waals surface area contributed by atoms with Crippen molar-refractivity contribution in [2.45, 2.75) is 13.0 Å². The van der Waals surface area contributed by atoms with Crippen molar-refractivity contribution in [1.29, 1.82) is 0 Å². The van der Waals surface area contributed by atoms with Gasteiger partial charge in [0, 0.05) is 38.2 Å². The molecular formula is C17H22N2O3. The highest BCUT2D eigenvalue weighted by Gasteiger charge is 2.15. The number of nitrogens with zero attached hydrogens (tertiary/aromatic N) is 1. The van der Waals surface area contributed by atoms with Gasteiger partial charge in [-0.05, 0) is 6.07 Å². The maximum absolute atomic E-state index is 12.0. The molecule has 1 aromatic rings. The Balaban J connectivity index is 1.72. The van der Waals surface area contributed by atoms with Gasteiger partial charge in [0.2, 0.25) is 5.91 Å². The van der Waals surface area contributed by atoms with E-state index < -0.39 is 0 Å². The molecule has 1 amide bonds. The number of carbonyl (C=O) groups excluding carboxylic acids is 1. The largest absolute Gasteiger partial charge is 0.481 e. The molecule has 0 radical (unpaired) electrons. The normalized spacial score (nSPS) is 14.4. The average molecular weight is 302 g/mol. The molecule has 0 saturated carbocycles. The molecule has 118 valence electrons. The number of ether oxygens (including phenoxy) is 2. The second-order valence-corrected chi connectivity index (χ2v) is 5.02. The Hall–Kier alpha value is -2.03. The van der Waals surface area contributed by atoms with Crippen LogP contribution in [-0.2, 0) is 16.1 Å². The van der Waals surface area contributed by atoms with Crippen molar-refractivity contribution in [3.8, 4) is 18.1 Å². The molecule has 1 aromatic carbocycles. The van der Waals surface area contributed by atoms with Gasteiger partial charge in [-0.15, -0.1) is 6.42 Å². The van der Waals surface area contributed by atoms with Crippen LogP contribution in [0.4, 0.5) is 0 Å². The average Bonchev–Trinajstić information content (AvgIpc) is 2.58. The topological polar surface area (TPSA) is 50.8 Å². The van der Waals surface area contributed by atoms with Gasteiger partial charge < -0.3 is 19.7 Å². The predicted octanol–water partition coefficient (Wildman–Crippen LogP) is 1.04. The fraction of sp³-hybridized carbons (Fsp3) is 0.471. The first kappa shape index (κ1) is 16.3. The molecule has 0 aromatic heterocycles. The van der Waals surface area contributed by atoms with Crippen LogP contribution in [0.5, 0.6) is 5.75 Å². The Kier molecular flexibility index (Phi) is 6.75. The fourth-order valence-electron chi connectivity index (χ4n) is 2.30. The van der Waals surface area contributed by atoms with Crippen LogP contribution in [0.15, 0.2) is 24.3 Å². The minimum Gasteiger partial charge on any atom is -0.481 e. The van der Waals surface area contributed by atoms with E-state index in [-0.39, 0.29) is 12.5 Å².